The van der Waals surface area contributed by atoms with E-state index < -0.39 is 41.4 Å². The molecule has 0 spiro atoms. The summed E-state index contributed by atoms with van der Waals surface area (Å²) in [6.07, 6.45) is -0.949. The third-order valence-corrected chi connectivity index (χ3v) is 3.97. The molecule has 1 fully saturated rings. The number of amides is 4. The molecule has 3 N–H and O–H groups in total. The molecule has 10 nitrogen and oxygen atoms in total. The maximum absolute atomic E-state index is 12.2. The molecule has 0 bridgehead atoms. The molecule has 1 aliphatic rings. The summed E-state index contributed by atoms with van der Waals surface area (Å²) < 4.78 is 5.05. The quantitative estimate of drug-likeness (QED) is 0.475. The number of nitrogens with one attached hydrogen (secondary N) is 2. The molecule has 0 aromatic carbocycles. The highest BCUT2D eigenvalue weighted by Crippen LogP contribution is 2.14. The minimum atomic E-state index is -1.01. The Labute approximate surface area is 155 Å². The largest absolute Gasteiger partial charge is 0.481 e. The number of aliphatic carboxylic acids is 1. The second-order valence-corrected chi connectivity index (χ2v) is 7.51. The van der Waals surface area contributed by atoms with Crippen LogP contribution < -0.4 is 10.6 Å². The number of alkyl carbamates (subject to hydrolysis) is 1. The third-order valence-electron chi connectivity index (χ3n) is 3.05. The van der Waals surface area contributed by atoms with Gasteiger partial charge in [0.1, 0.15) is 11.6 Å². The van der Waals surface area contributed by atoms with Crippen LogP contribution in [0.5, 0.6) is 0 Å². The lowest BCUT2D eigenvalue weighted by molar-refractivity contribution is -0.139. The van der Waals surface area contributed by atoms with Gasteiger partial charge in [0, 0.05) is 13.1 Å². The number of nitrogens with zero attached hydrogens (tertiary/aromatic N) is 1. The van der Waals surface area contributed by atoms with Gasteiger partial charge in [0.05, 0.1) is 17.9 Å². The summed E-state index contributed by atoms with van der Waals surface area (Å²) in [7, 11) is 0. The van der Waals surface area contributed by atoms with Crippen molar-refractivity contribution in [3.63, 3.8) is 0 Å². The first-order valence-corrected chi connectivity index (χ1v) is 9.05. The number of carboxylic acids is 1. The zero-order chi connectivity index (χ0) is 19.9. The molecular weight excluding hydrogens is 366 g/mol. The number of carbonyl (C=O) groups is 5. The lowest BCUT2D eigenvalue weighted by Crippen LogP contribution is -2.45. The summed E-state index contributed by atoms with van der Waals surface area (Å²) in [6, 6.07) is -0.987. The van der Waals surface area contributed by atoms with Crippen molar-refractivity contribution in [3.8, 4) is 0 Å². The zero-order valence-corrected chi connectivity index (χ0v) is 15.7. The second kappa shape index (κ2) is 9.41. The lowest BCUT2D eigenvalue weighted by atomic mass is 10.2. The van der Waals surface area contributed by atoms with Crippen LogP contribution in [0.25, 0.3) is 0 Å². The van der Waals surface area contributed by atoms with Crippen LogP contribution in [0, 0.1) is 0 Å². The van der Waals surface area contributed by atoms with Crippen molar-refractivity contribution in [3.05, 3.63) is 0 Å². The molecule has 0 aliphatic carbocycles. The zero-order valence-electron chi connectivity index (χ0n) is 14.9. The van der Waals surface area contributed by atoms with Crippen LogP contribution in [0.15, 0.2) is 0 Å². The Bertz CT molecular complexity index is 588. The third kappa shape index (κ3) is 7.72. The van der Waals surface area contributed by atoms with E-state index in [2.05, 4.69) is 10.6 Å². The SMILES string of the molecule is CC(C)(C)OC(=O)N[C@H]1CC(=O)N(CCNC(=O)CSCC(=O)O)C1=O. The number of hydrogen-bond donors (Lipinski definition) is 3. The van der Waals surface area contributed by atoms with Crippen molar-refractivity contribution in [1.29, 1.82) is 0 Å². The molecule has 11 heteroatoms. The fraction of sp³-hybridized carbons (Fsp3) is 0.667. The van der Waals surface area contributed by atoms with E-state index in [-0.39, 0.29) is 31.0 Å². The smallest absolute Gasteiger partial charge is 0.408 e. The van der Waals surface area contributed by atoms with Gasteiger partial charge in [0.15, 0.2) is 0 Å². The Balaban J connectivity index is 2.38. The molecule has 0 radical (unpaired) electrons. The van der Waals surface area contributed by atoms with E-state index in [1.165, 1.54) is 0 Å². The average Bonchev–Trinajstić information content (AvgIpc) is 2.72. The molecule has 0 saturated carbocycles. The van der Waals surface area contributed by atoms with Crippen LogP contribution in [-0.4, -0.2) is 76.0 Å². The minimum absolute atomic E-state index is 0.0283. The fourth-order valence-electron chi connectivity index (χ4n) is 2.07. The fourth-order valence-corrected chi connectivity index (χ4v) is 2.63. The van der Waals surface area contributed by atoms with Crippen LogP contribution in [0.3, 0.4) is 0 Å². The van der Waals surface area contributed by atoms with Crippen molar-refractivity contribution in [2.45, 2.75) is 38.8 Å². The van der Waals surface area contributed by atoms with Crippen LogP contribution in [-0.2, 0) is 23.9 Å². The summed E-state index contributed by atoms with van der Waals surface area (Å²) in [5.41, 5.74) is -0.724. The van der Waals surface area contributed by atoms with Crippen molar-refractivity contribution in [2.75, 3.05) is 24.6 Å². The predicted octanol–water partition coefficient (Wildman–Crippen LogP) is -0.427. The van der Waals surface area contributed by atoms with E-state index >= 15 is 0 Å². The first kappa shape index (κ1) is 21.7. The van der Waals surface area contributed by atoms with Gasteiger partial charge < -0.3 is 20.5 Å². The van der Waals surface area contributed by atoms with E-state index in [1.54, 1.807) is 20.8 Å². The summed E-state index contributed by atoms with van der Waals surface area (Å²) in [6.45, 7) is 5.05. The van der Waals surface area contributed by atoms with E-state index in [4.69, 9.17) is 9.84 Å². The minimum Gasteiger partial charge on any atom is -0.481 e. The van der Waals surface area contributed by atoms with Gasteiger partial charge in [0.2, 0.25) is 11.8 Å². The molecular formula is C15H23N3O7S. The molecule has 1 saturated heterocycles. The average molecular weight is 389 g/mol. The van der Waals surface area contributed by atoms with Crippen molar-refractivity contribution in [1.82, 2.24) is 15.5 Å². The number of likely N-dealkylation sites (tertiary alicyclic amines) is 1. The van der Waals surface area contributed by atoms with Gasteiger partial charge in [-0.25, -0.2) is 4.79 Å². The molecule has 26 heavy (non-hydrogen) atoms. The Morgan fingerprint density at radius 1 is 1.27 bits per heavy atom. The van der Waals surface area contributed by atoms with Gasteiger partial charge in [-0.15, -0.1) is 11.8 Å². The number of carbonyl (C=O) groups excluding carboxylic acids is 4. The molecule has 146 valence electrons. The predicted molar refractivity (Wildman–Crippen MR) is 92.5 cm³/mol. The van der Waals surface area contributed by atoms with E-state index in [0.29, 0.717) is 0 Å². The highest BCUT2D eigenvalue weighted by molar-refractivity contribution is 8.00. The summed E-state index contributed by atoms with van der Waals surface area (Å²) in [5.74, 6) is -2.63. The van der Waals surface area contributed by atoms with Crippen LogP contribution in [0.1, 0.15) is 27.2 Å². The van der Waals surface area contributed by atoms with Crippen molar-refractivity contribution in [2.24, 2.45) is 0 Å². The molecule has 1 rings (SSSR count). The topological polar surface area (TPSA) is 142 Å². The molecule has 0 aromatic heterocycles. The van der Waals surface area contributed by atoms with Crippen molar-refractivity contribution < 1.29 is 33.8 Å². The number of carboxylic acid groups (broad SMARTS) is 1. The van der Waals surface area contributed by atoms with Gasteiger partial charge in [-0.2, -0.15) is 0 Å². The lowest BCUT2D eigenvalue weighted by Gasteiger charge is -2.21. The number of hydrogen-bond acceptors (Lipinski definition) is 7. The maximum Gasteiger partial charge on any atom is 0.408 e. The monoisotopic (exact) mass is 389 g/mol. The first-order chi connectivity index (χ1) is 12.0. The summed E-state index contributed by atoms with van der Waals surface area (Å²) in [4.78, 5) is 58.7. The normalized spacial score (nSPS) is 17.2. The maximum atomic E-state index is 12.2. The van der Waals surface area contributed by atoms with E-state index in [1.807, 2.05) is 0 Å². The van der Waals surface area contributed by atoms with Gasteiger partial charge in [-0.3, -0.25) is 24.1 Å². The van der Waals surface area contributed by atoms with Crippen LogP contribution in [0.2, 0.25) is 0 Å². The number of ether oxygens (including phenoxy) is 1. The van der Waals surface area contributed by atoms with Gasteiger partial charge in [-0.1, -0.05) is 0 Å². The Kier molecular flexibility index (Phi) is 7.87. The number of thioether (sulfide) groups is 1. The van der Waals surface area contributed by atoms with Crippen LogP contribution >= 0.6 is 11.8 Å². The molecule has 4 amide bonds. The molecule has 1 atom stereocenters. The highest BCUT2D eigenvalue weighted by atomic mass is 32.2. The molecule has 0 unspecified atom stereocenters. The number of rotatable bonds is 8. The Morgan fingerprint density at radius 2 is 1.92 bits per heavy atom. The highest BCUT2D eigenvalue weighted by Gasteiger charge is 2.39. The first-order valence-electron chi connectivity index (χ1n) is 7.89. The number of imide groups is 1. The van der Waals surface area contributed by atoms with Gasteiger partial charge in [0.25, 0.3) is 5.91 Å². The van der Waals surface area contributed by atoms with Gasteiger partial charge >= 0.3 is 12.1 Å². The van der Waals surface area contributed by atoms with Gasteiger partial charge in [-0.05, 0) is 20.8 Å². The molecule has 0 aromatic rings. The standard InChI is InChI=1S/C15H23N3O7S/c1-15(2,3)25-14(24)17-9-6-11(20)18(13(9)23)5-4-16-10(19)7-26-8-12(21)22/h9H,4-8H2,1-3H3,(H,16,19)(H,17,24)(H,21,22)/t9-/m0/s1. The summed E-state index contributed by atoms with van der Waals surface area (Å²) >= 11 is 0.944. The van der Waals surface area contributed by atoms with Crippen LogP contribution in [0.4, 0.5) is 4.79 Å². The van der Waals surface area contributed by atoms with E-state index in [0.717, 1.165) is 16.7 Å². The Morgan fingerprint density at radius 3 is 2.50 bits per heavy atom. The second-order valence-electron chi connectivity index (χ2n) is 6.52. The Hall–Kier alpha value is -2.30. The summed E-state index contributed by atoms with van der Waals surface area (Å²) in [5, 5.41) is 13.3. The molecule has 1 aliphatic heterocycles. The van der Waals surface area contributed by atoms with E-state index in [9.17, 15) is 24.0 Å². The molecule has 1 heterocycles. The van der Waals surface area contributed by atoms with Crippen molar-refractivity contribution >= 4 is 41.5 Å².